The lowest BCUT2D eigenvalue weighted by atomic mass is 10.1. The maximum atomic E-state index is 14.9. The molecule has 11 heteroatoms. The first-order valence-corrected chi connectivity index (χ1v) is 11.8. The molecule has 182 valence electrons. The number of fused-ring (bicyclic) bond motifs is 3. The van der Waals surface area contributed by atoms with Gasteiger partial charge in [0.1, 0.15) is 29.8 Å². The molecule has 2 aliphatic heterocycles. The summed E-state index contributed by atoms with van der Waals surface area (Å²) in [5, 5.41) is 0.125. The fraction of sp³-hybridized carbons (Fsp3) is 0.609. The monoisotopic (exact) mass is 491 g/mol. The minimum atomic E-state index is -0.750. The van der Waals surface area contributed by atoms with Gasteiger partial charge >= 0.3 is 12.1 Å². The van der Waals surface area contributed by atoms with E-state index in [4.69, 9.17) is 21.1 Å². The Kier molecular flexibility index (Phi) is 5.54. The first-order chi connectivity index (χ1) is 16.1. The Morgan fingerprint density at radius 3 is 2.53 bits per heavy atom. The van der Waals surface area contributed by atoms with Crippen molar-refractivity contribution >= 4 is 40.7 Å². The summed E-state index contributed by atoms with van der Waals surface area (Å²) in [5.41, 5.74) is -1.07. The van der Waals surface area contributed by atoms with Crippen LogP contribution < -0.4 is 9.64 Å². The van der Waals surface area contributed by atoms with E-state index >= 15 is 0 Å². The fourth-order valence-corrected chi connectivity index (χ4v) is 4.80. The van der Waals surface area contributed by atoms with E-state index in [1.54, 1.807) is 0 Å². The van der Waals surface area contributed by atoms with Gasteiger partial charge in [0.15, 0.2) is 11.0 Å². The molecule has 4 heterocycles. The molecule has 3 fully saturated rings. The third kappa shape index (κ3) is 4.23. The molecule has 34 heavy (non-hydrogen) atoms. The highest BCUT2D eigenvalue weighted by molar-refractivity contribution is 6.30. The summed E-state index contributed by atoms with van der Waals surface area (Å²) in [6.07, 6.45) is 5.20. The standard InChI is InChI=1S/C23H27ClFN5O4/c1-22(2,3)34-21(32)30-13-4-5-14(30)10-29(9-13)19-15-8-26-18(24)16(25)17(15)27-20(28-19)33-12-23(11-31)6-7-23/h8,11,13-14H,4-7,9-10,12H2,1-3H3. The Bertz CT molecular complexity index is 1140. The van der Waals surface area contributed by atoms with E-state index in [0.29, 0.717) is 24.3 Å². The lowest BCUT2D eigenvalue weighted by Gasteiger charge is -2.42. The van der Waals surface area contributed by atoms with Crippen molar-refractivity contribution in [1.29, 1.82) is 0 Å². The third-order valence-electron chi connectivity index (χ3n) is 6.62. The maximum Gasteiger partial charge on any atom is 0.410 e. The summed E-state index contributed by atoms with van der Waals surface area (Å²) in [4.78, 5) is 40.7. The number of aromatic nitrogens is 3. The van der Waals surface area contributed by atoms with E-state index < -0.39 is 16.8 Å². The predicted octanol–water partition coefficient (Wildman–Crippen LogP) is 3.76. The van der Waals surface area contributed by atoms with Crippen molar-refractivity contribution in [3.8, 4) is 6.01 Å². The molecule has 1 aliphatic carbocycles. The molecule has 2 unspecified atom stereocenters. The van der Waals surface area contributed by atoms with Crippen molar-refractivity contribution in [2.75, 3.05) is 24.6 Å². The van der Waals surface area contributed by atoms with Crippen LogP contribution in [0.2, 0.25) is 5.15 Å². The van der Waals surface area contributed by atoms with Gasteiger partial charge in [-0.3, -0.25) is 4.90 Å². The molecule has 2 aromatic rings. The Hall–Kier alpha value is -2.75. The number of ether oxygens (including phenoxy) is 2. The number of rotatable bonds is 5. The summed E-state index contributed by atoms with van der Waals surface area (Å²) >= 11 is 5.92. The Labute approximate surface area is 201 Å². The lowest BCUT2D eigenvalue weighted by Crippen LogP contribution is -2.57. The first-order valence-electron chi connectivity index (χ1n) is 11.5. The number of nitrogens with zero attached hydrogens (tertiary/aromatic N) is 5. The number of piperazine rings is 1. The van der Waals surface area contributed by atoms with E-state index in [-0.39, 0.29) is 41.5 Å². The molecule has 1 amide bonds. The van der Waals surface area contributed by atoms with Crippen LogP contribution in [-0.4, -0.2) is 69.6 Å². The van der Waals surface area contributed by atoms with Crippen molar-refractivity contribution in [3.63, 3.8) is 0 Å². The Morgan fingerprint density at radius 1 is 1.26 bits per heavy atom. The Morgan fingerprint density at radius 2 is 1.94 bits per heavy atom. The van der Waals surface area contributed by atoms with E-state index in [1.807, 2.05) is 30.6 Å². The van der Waals surface area contributed by atoms with E-state index in [2.05, 4.69) is 15.0 Å². The van der Waals surface area contributed by atoms with Gasteiger partial charge in [-0.1, -0.05) is 11.6 Å². The summed E-state index contributed by atoms with van der Waals surface area (Å²) in [6.45, 7) is 6.69. The molecule has 3 aliphatic rings. The number of carbonyl (C=O) groups is 2. The maximum absolute atomic E-state index is 14.9. The van der Waals surface area contributed by atoms with Gasteiger partial charge in [-0.15, -0.1) is 0 Å². The molecule has 1 saturated carbocycles. The van der Waals surface area contributed by atoms with Gasteiger partial charge in [0, 0.05) is 19.3 Å². The topological polar surface area (TPSA) is 97.8 Å². The average Bonchev–Trinajstić information content (AvgIpc) is 3.51. The van der Waals surface area contributed by atoms with E-state index in [0.717, 1.165) is 32.0 Å². The molecule has 0 N–H and O–H groups in total. The van der Waals surface area contributed by atoms with E-state index in [9.17, 15) is 14.0 Å². The number of hydrogen-bond acceptors (Lipinski definition) is 8. The first kappa shape index (κ1) is 23.0. The van der Waals surface area contributed by atoms with Crippen molar-refractivity contribution < 1.29 is 23.5 Å². The van der Waals surface area contributed by atoms with Crippen LogP contribution in [0.3, 0.4) is 0 Å². The Balaban J connectivity index is 1.46. The van der Waals surface area contributed by atoms with E-state index in [1.165, 1.54) is 6.20 Å². The highest BCUT2D eigenvalue weighted by Crippen LogP contribution is 2.44. The van der Waals surface area contributed by atoms with Crippen LogP contribution in [0, 0.1) is 11.2 Å². The van der Waals surface area contributed by atoms with Crippen LogP contribution in [0.25, 0.3) is 10.9 Å². The second-order valence-electron chi connectivity index (χ2n) is 10.4. The second kappa shape index (κ2) is 8.18. The largest absolute Gasteiger partial charge is 0.462 e. The van der Waals surface area contributed by atoms with Crippen molar-refractivity contribution in [2.24, 2.45) is 5.41 Å². The number of aldehydes is 1. The molecule has 2 saturated heterocycles. The quantitative estimate of drug-likeness (QED) is 0.460. The minimum absolute atomic E-state index is 0.0119. The molecule has 2 aromatic heterocycles. The highest BCUT2D eigenvalue weighted by atomic mass is 35.5. The minimum Gasteiger partial charge on any atom is -0.462 e. The third-order valence-corrected chi connectivity index (χ3v) is 6.88. The van der Waals surface area contributed by atoms with Gasteiger partial charge in [0.2, 0.25) is 0 Å². The second-order valence-corrected chi connectivity index (χ2v) is 10.8. The highest BCUT2D eigenvalue weighted by Gasteiger charge is 2.46. The summed E-state index contributed by atoms with van der Waals surface area (Å²) in [5.74, 6) is -0.278. The van der Waals surface area contributed by atoms with Gasteiger partial charge < -0.3 is 19.2 Å². The zero-order valence-electron chi connectivity index (χ0n) is 19.4. The molecular weight excluding hydrogens is 465 g/mol. The smallest absolute Gasteiger partial charge is 0.410 e. The summed E-state index contributed by atoms with van der Waals surface area (Å²) in [6, 6.07) is -0.130. The molecular formula is C23H27ClFN5O4. The molecule has 2 bridgehead atoms. The molecule has 2 atom stereocenters. The van der Waals surface area contributed by atoms with Gasteiger partial charge in [0.25, 0.3) is 0 Å². The van der Waals surface area contributed by atoms with Crippen LogP contribution in [0.5, 0.6) is 6.01 Å². The van der Waals surface area contributed by atoms with Gasteiger partial charge in [-0.05, 0) is 46.5 Å². The molecule has 0 radical (unpaired) electrons. The predicted molar refractivity (Wildman–Crippen MR) is 123 cm³/mol. The molecule has 0 spiro atoms. The lowest BCUT2D eigenvalue weighted by molar-refractivity contribution is -0.113. The summed E-state index contributed by atoms with van der Waals surface area (Å²) < 4.78 is 26.2. The SMILES string of the molecule is CC(C)(C)OC(=O)N1C2CCC1CN(c1nc(OCC3(C=O)CC3)nc3c(F)c(Cl)ncc13)C2. The zero-order valence-corrected chi connectivity index (χ0v) is 20.1. The number of halogens is 2. The van der Waals surface area contributed by atoms with Crippen LogP contribution in [0.15, 0.2) is 6.20 Å². The van der Waals surface area contributed by atoms with Crippen LogP contribution >= 0.6 is 11.6 Å². The molecule has 5 rings (SSSR count). The zero-order chi connectivity index (χ0) is 24.3. The van der Waals surface area contributed by atoms with Crippen LogP contribution in [0.1, 0.15) is 46.5 Å². The average molecular weight is 492 g/mol. The van der Waals surface area contributed by atoms with Crippen molar-refractivity contribution in [3.05, 3.63) is 17.2 Å². The summed E-state index contributed by atoms with van der Waals surface area (Å²) in [7, 11) is 0. The van der Waals surface area contributed by atoms with Gasteiger partial charge in [0.05, 0.1) is 22.9 Å². The number of carbonyl (C=O) groups excluding carboxylic acids is 2. The number of anilines is 1. The number of hydrogen-bond donors (Lipinski definition) is 0. The van der Waals surface area contributed by atoms with Crippen LogP contribution in [0.4, 0.5) is 15.0 Å². The van der Waals surface area contributed by atoms with Gasteiger partial charge in [-0.25, -0.2) is 14.2 Å². The van der Waals surface area contributed by atoms with Gasteiger partial charge in [-0.2, -0.15) is 9.97 Å². The molecule has 9 nitrogen and oxygen atoms in total. The fourth-order valence-electron chi connectivity index (χ4n) is 4.66. The number of amides is 1. The number of pyridine rings is 1. The normalized spacial score (nSPS) is 23.2. The van der Waals surface area contributed by atoms with Crippen molar-refractivity contribution in [1.82, 2.24) is 19.9 Å². The van der Waals surface area contributed by atoms with Crippen molar-refractivity contribution in [2.45, 2.75) is 64.1 Å². The molecule has 0 aromatic carbocycles. The van der Waals surface area contributed by atoms with Crippen LogP contribution in [-0.2, 0) is 9.53 Å².